The third kappa shape index (κ3) is 3.37. The molecule has 0 saturated carbocycles. The number of anilines is 1. The van der Waals surface area contributed by atoms with Crippen LogP contribution >= 0.6 is 11.6 Å². The van der Waals surface area contributed by atoms with Gasteiger partial charge in [-0.2, -0.15) is 5.10 Å². The fourth-order valence-corrected chi connectivity index (χ4v) is 2.04. The minimum absolute atomic E-state index is 0.0524. The van der Waals surface area contributed by atoms with E-state index < -0.39 is 5.56 Å². The Balaban J connectivity index is 2.09. The number of rotatable bonds is 6. The average Bonchev–Trinajstić information content (AvgIpc) is 2.91. The van der Waals surface area contributed by atoms with Crippen LogP contribution in [-0.2, 0) is 13.1 Å². The summed E-state index contributed by atoms with van der Waals surface area (Å²) >= 11 is 6.02. The van der Waals surface area contributed by atoms with Crippen molar-refractivity contribution in [3.05, 3.63) is 40.3 Å². The van der Waals surface area contributed by atoms with Crippen LogP contribution in [-0.4, -0.2) is 37.1 Å². The lowest BCUT2D eigenvalue weighted by molar-refractivity contribution is 0.266. The summed E-state index contributed by atoms with van der Waals surface area (Å²) in [6.07, 6.45) is 6.77. The zero-order chi connectivity index (χ0) is 14.5. The number of hydrogen-bond donors (Lipinski definition) is 2. The summed E-state index contributed by atoms with van der Waals surface area (Å²) in [7, 11) is 0. The van der Waals surface area contributed by atoms with Crippen molar-refractivity contribution in [3.8, 4) is 0 Å². The van der Waals surface area contributed by atoms with Gasteiger partial charge in [-0.05, 0) is 6.92 Å². The van der Waals surface area contributed by atoms with Crippen molar-refractivity contribution in [1.82, 2.24) is 19.3 Å². The molecule has 0 aromatic carbocycles. The van der Waals surface area contributed by atoms with Gasteiger partial charge in [0.15, 0.2) is 0 Å². The van der Waals surface area contributed by atoms with Crippen LogP contribution in [0.5, 0.6) is 0 Å². The van der Waals surface area contributed by atoms with Crippen molar-refractivity contribution in [2.45, 2.75) is 26.1 Å². The second-order valence-corrected chi connectivity index (χ2v) is 4.81. The number of nitrogens with one attached hydrogen (secondary N) is 1. The first kappa shape index (κ1) is 14.5. The van der Waals surface area contributed by atoms with Gasteiger partial charge in [0.1, 0.15) is 5.02 Å². The fourth-order valence-electron chi connectivity index (χ4n) is 1.84. The van der Waals surface area contributed by atoms with E-state index in [0.29, 0.717) is 12.2 Å². The highest BCUT2D eigenvalue weighted by atomic mass is 35.5. The molecule has 108 valence electrons. The van der Waals surface area contributed by atoms with E-state index in [1.54, 1.807) is 12.5 Å². The van der Waals surface area contributed by atoms with Crippen LogP contribution in [0.3, 0.4) is 0 Å². The second kappa shape index (κ2) is 6.53. The quantitative estimate of drug-likeness (QED) is 0.815. The van der Waals surface area contributed by atoms with Gasteiger partial charge in [0, 0.05) is 25.0 Å². The molecule has 1 unspecified atom stereocenters. The van der Waals surface area contributed by atoms with Gasteiger partial charge in [-0.3, -0.25) is 4.79 Å². The minimum Gasteiger partial charge on any atom is -0.394 e. The summed E-state index contributed by atoms with van der Waals surface area (Å²) in [6, 6.07) is 0.0524. The highest BCUT2D eigenvalue weighted by Crippen LogP contribution is 2.16. The van der Waals surface area contributed by atoms with Gasteiger partial charge in [-0.15, -0.1) is 0 Å². The standard InChI is InChI=1S/C12H16ClN5O2/c1-9(7-17-3-2-14-8-17)16-10-6-15-18(4-5-19)12(20)11(10)13/h2-3,6,8-9,16,19H,4-5,7H2,1H3. The first-order valence-corrected chi connectivity index (χ1v) is 6.58. The van der Waals surface area contributed by atoms with Gasteiger partial charge < -0.3 is 15.0 Å². The van der Waals surface area contributed by atoms with Crippen LogP contribution in [0.25, 0.3) is 0 Å². The zero-order valence-corrected chi connectivity index (χ0v) is 11.8. The van der Waals surface area contributed by atoms with Gasteiger partial charge in [-0.1, -0.05) is 11.6 Å². The van der Waals surface area contributed by atoms with Crippen LogP contribution in [0.1, 0.15) is 6.92 Å². The van der Waals surface area contributed by atoms with Gasteiger partial charge >= 0.3 is 0 Å². The van der Waals surface area contributed by atoms with Crippen molar-refractivity contribution in [1.29, 1.82) is 0 Å². The Bertz CT molecular complexity index is 611. The highest BCUT2D eigenvalue weighted by Gasteiger charge is 2.11. The van der Waals surface area contributed by atoms with Crippen molar-refractivity contribution in [2.24, 2.45) is 0 Å². The first-order valence-electron chi connectivity index (χ1n) is 6.20. The zero-order valence-electron chi connectivity index (χ0n) is 11.0. The van der Waals surface area contributed by atoms with E-state index >= 15 is 0 Å². The normalized spacial score (nSPS) is 12.3. The summed E-state index contributed by atoms with van der Waals surface area (Å²) in [6.45, 7) is 2.63. The number of aliphatic hydroxyl groups excluding tert-OH is 1. The molecular weight excluding hydrogens is 282 g/mol. The van der Waals surface area contributed by atoms with E-state index in [1.165, 1.54) is 6.20 Å². The Morgan fingerprint density at radius 1 is 1.55 bits per heavy atom. The van der Waals surface area contributed by atoms with E-state index in [0.717, 1.165) is 4.68 Å². The monoisotopic (exact) mass is 297 g/mol. The van der Waals surface area contributed by atoms with Crippen molar-refractivity contribution in [3.63, 3.8) is 0 Å². The van der Waals surface area contributed by atoms with Crippen molar-refractivity contribution in [2.75, 3.05) is 11.9 Å². The SMILES string of the molecule is CC(Cn1ccnc1)Nc1cnn(CCO)c(=O)c1Cl. The number of nitrogens with zero attached hydrogens (tertiary/aromatic N) is 4. The molecule has 8 heteroatoms. The topological polar surface area (TPSA) is 85.0 Å². The molecule has 0 spiro atoms. The third-order valence-electron chi connectivity index (χ3n) is 2.74. The number of aromatic nitrogens is 4. The predicted octanol–water partition coefficient (Wildman–Crippen LogP) is 0.586. The molecule has 2 aromatic heterocycles. The lowest BCUT2D eigenvalue weighted by Gasteiger charge is -2.16. The Morgan fingerprint density at radius 3 is 3.00 bits per heavy atom. The summed E-state index contributed by atoms with van der Waals surface area (Å²) in [5, 5.41) is 16.0. The molecule has 2 aromatic rings. The molecule has 0 radical (unpaired) electrons. The molecule has 2 heterocycles. The summed E-state index contributed by atoms with van der Waals surface area (Å²) < 4.78 is 3.06. The second-order valence-electron chi connectivity index (χ2n) is 4.43. The van der Waals surface area contributed by atoms with E-state index in [1.807, 2.05) is 17.7 Å². The van der Waals surface area contributed by atoms with E-state index in [9.17, 15) is 4.79 Å². The molecule has 0 bridgehead atoms. The van der Waals surface area contributed by atoms with Gasteiger partial charge in [0.2, 0.25) is 0 Å². The molecule has 0 fully saturated rings. The van der Waals surface area contributed by atoms with Gasteiger partial charge in [-0.25, -0.2) is 9.67 Å². The number of hydrogen-bond acceptors (Lipinski definition) is 5. The molecule has 2 N–H and O–H groups in total. The van der Waals surface area contributed by atoms with Crippen LogP contribution in [0.15, 0.2) is 29.7 Å². The third-order valence-corrected chi connectivity index (χ3v) is 3.11. The Hall–Kier alpha value is -1.86. The van der Waals surface area contributed by atoms with Crippen molar-refractivity contribution >= 4 is 17.3 Å². The molecule has 2 rings (SSSR count). The van der Waals surface area contributed by atoms with Crippen LogP contribution in [0, 0.1) is 0 Å². The molecule has 0 aliphatic carbocycles. The predicted molar refractivity (Wildman–Crippen MR) is 75.9 cm³/mol. The highest BCUT2D eigenvalue weighted by molar-refractivity contribution is 6.32. The van der Waals surface area contributed by atoms with Gasteiger partial charge in [0.25, 0.3) is 5.56 Å². The maximum Gasteiger partial charge on any atom is 0.287 e. The van der Waals surface area contributed by atoms with E-state index in [-0.39, 0.29) is 24.2 Å². The number of imidazole rings is 1. The summed E-state index contributed by atoms with van der Waals surface area (Å²) in [5.41, 5.74) is 0.0685. The molecule has 0 aliphatic rings. The Kier molecular flexibility index (Phi) is 4.75. The number of halogens is 1. The summed E-state index contributed by atoms with van der Waals surface area (Å²) in [4.78, 5) is 15.8. The first-order chi connectivity index (χ1) is 9.61. The van der Waals surface area contributed by atoms with Gasteiger partial charge in [0.05, 0.1) is 31.4 Å². The molecule has 0 saturated heterocycles. The number of aliphatic hydroxyl groups is 1. The Labute approximate surface area is 120 Å². The van der Waals surface area contributed by atoms with E-state index in [4.69, 9.17) is 16.7 Å². The summed E-state index contributed by atoms with van der Waals surface area (Å²) in [5.74, 6) is 0. The average molecular weight is 298 g/mol. The van der Waals surface area contributed by atoms with Crippen LogP contribution in [0.2, 0.25) is 5.02 Å². The van der Waals surface area contributed by atoms with Crippen molar-refractivity contribution < 1.29 is 5.11 Å². The molecular formula is C12H16ClN5O2. The Morgan fingerprint density at radius 2 is 2.35 bits per heavy atom. The molecule has 7 nitrogen and oxygen atoms in total. The largest absolute Gasteiger partial charge is 0.394 e. The van der Waals surface area contributed by atoms with E-state index in [2.05, 4.69) is 15.4 Å². The van der Waals surface area contributed by atoms with Crippen LogP contribution in [0.4, 0.5) is 5.69 Å². The molecule has 20 heavy (non-hydrogen) atoms. The maximum atomic E-state index is 11.9. The maximum absolute atomic E-state index is 11.9. The van der Waals surface area contributed by atoms with Crippen LogP contribution < -0.4 is 10.9 Å². The minimum atomic E-state index is -0.416. The molecule has 0 amide bonds. The molecule has 1 atom stereocenters. The lowest BCUT2D eigenvalue weighted by atomic mass is 10.3. The lowest BCUT2D eigenvalue weighted by Crippen LogP contribution is -2.28. The molecule has 0 aliphatic heterocycles. The fraction of sp³-hybridized carbons (Fsp3) is 0.417. The smallest absolute Gasteiger partial charge is 0.287 e.